The van der Waals surface area contributed by atoms with Gasteiger partial charge in [-0.2, -0.15) is 5.10 Å². The Labute approximate surface area is 113 Å². The Kier molecular flexibility index (Phi) is 3.91. The SMILES string of the molecule is C/C(=N\Nc1nc(C)cs1)c1ccc(Br)cc1. The van der Waals surface area contributed by atoms with Crippen LogP contribution in [0.1, 0.15) is 18.2 Å². The van der Waals surface area contributed by atoms with Gasteiger partial charge in [-0.3, -0.25) is 5.43 Å². The molecule has 1 aromatic carbocycles. The summed E-state index contributed by atoms with van der Waals surface area (Å²) in [6.07, 6.45) is 0. The van der Waals surface area contributed by atoms with Gasteiger partial charge in [0.05, 0.1) is 11.4 Å². The number of aromatic nitrogens is 1. The molecule has 1 aromatic heterocycles. The molecule has 0 fully saturated rings. The van der Waals surface area contributed by atoms with Gasteiger partial charge in [0.2, 0.25) is 5.13 Å². The second kappa shape index (κ2) is 5.42. The van der Waals surface area contributed by atoms with Crippen LogP contribution in [-0.4, -0.2) is 10.7 Å². The smallest absolute Gasteiger partial charge is 0.203 e. The second-order valence-corrected chi connectivity index (χ2v) is 5.38. The molecule has 1 N–H and O–H groups in total. The lowest BCUT2D eigenvalue weighted by Crippen LogP contribution is -1.99. The van der Waals surface area contributed by atoms with Crippen molar-refractivity contribution >= 4 is 38.1 Å². The first-order chi connectivity index (χ1) is 8.15. The molecule has 0 bridgehead atoms. The molecule has 0 radical (unpaired) electrons. The molecule has 0 amide bonds. The summed E-state index contributed by atoms with van der Waals surface area (Å²) < 4.78 is 1.07. The Hall–Kier alpha value is -1.20. The van der Waals surface area contributed by atoms with Crippen LogP contribution in [0.2, 0.25) is 0 Å². The number of benzene rings is 1. The van der Waals surface area contributed by atoms with Gasteiger partial charge in [0.25, 0.3) is 0 Å². The van der Waals surface area contributed by atoms with Crippen LogP contribution in [0.25, 0.3) is 0 Å². The fraction of sp³-hybridized carbons (Fsp3) is 0.167. The standard InChI is InChI=1S/C12H12BrN3S/c1-8-7-17-12(14-8)16-15-9(2)10-3-5-11(13)6-4-10/h3-7H,1-2H3,(H,14,16)/b15-9+. The van der Waals surface area contributed by atoms with Crippen LogP contribution in [0.5, 0.6) is 0 Å². The quantitative estimate of drug-likeness (QED) is 0.686. The van der Waals surface area contributed by atoms with Crippen molar-refractivity contribution in [3.05, 3.63) is 45.4 Å². The van der Waals surface area contributed by atoms with E-state index in [2.05, 4.69) is 31.4 Å². The zero-order valence-corrected chi connectivity index (χ0v) is 12.0. The summed E-state index contributed by atoms with van der Waals surface area (Å²) in [5, 5.41) is 7.12. The number of hydrazone groups is 1. The van der Waals surface area contributed by atoms with E-state index in [-0.39, 0.29) is 0 Å². The molecule has 0 aliphatic heterocycles. The summed E-state index contributed by atoms with van der Waals surface area (Å²) in [4.78, 5) is 4.28. The summed E-state index contributed by atoms with van der Waals surface area (Å²) in [7, 11) is 0. The zero-order valence-electron chi connectivity index (χ0n) is 9.57. The van der Waals surface area contributed by atoms with Crippen molar-refractivity contribution in [2.45, 2.75) is 13.8 Å². The van der Waals surface area contributed by atoms with E-state index in [1.165, 1.54) is 0 Å². The van der Waals surface area contributed by atoms with Crippen LogP contribution in [-0.2, 0) is 0 Å². The summed E-state index contributed by atoms with van der Waals surface area (Å²) in [6, 6.07) is 8.05. The van der Waals surface area contributed by atoms with E-state index in [9.17, 15) is 0 Å². The van der Waals surface area contributed by atoms with Crippen molar-refractivity contribution in [1.29, 1.82) is 0 Å². The summed E-state index contributed by atoms with van der Waals surface area (Å²) in [5.74, 6) is 0. The highest BCUT2D eigenvalue weighted by molar-refractivity contribution is 9.10. The highest BCUT2D eigenvalue weighted by Gasteiger charge is 1.99. The molecular formula is C12H12BrN3S. The van der Waals surface area contributed by atoms with Gasteiger partial charge in [-0.05, 0) is 31.5 Å². The van der Waals surface area contributed by atoms with Crippen LogP contribution in [0, 0.1) is 6.92 Å². The number of anilines is 1. The zero-order chi connectivity index (χ0) is 12.3. The average Bonchev–Trinajstić information content (AvgIpc) is 2.73. The maximum atomic E-state index is 4.31. The predicted octanol–water partition coefficient (Wildman–Crippen LogP) is 4.05. The van der Waals surface area contributed by atoms with Crippen LogP contribution < -0.4 is 5.43 Å². The van der Waals surface area contributed by atoms with Crippen molar-refractivity contribution < 1.29 is 0 Å². The molecule has 0 saturated carbocycles. The molecule has 88 valence electrons. The first kappa shape index (κ1) is 12.3. The second-order valence-electron chi connectivity index (χ2n) is 3.61. The van der Waals surface area contributed by atoms with E-state index in [1.54, 1.807) is 11.3 Å². The Morgan fingerprint density at radius 1 is 1.35 bits per heavy atom. The predicted molar refractivity (Wildman–Crippen MR) is 76.8 cm³/mol. The molecule has 0 unspecified atom stereocenters. The lowest BCUT2D eigenvalue weighted by Gasteiger charge is -2.01. The number of nitrogens with zero attached hydrogens (tertiary/aromatic N) is 2. The van der Waals surface area contributed by atoms with Gasteiger partial charge >= 0.3 is 0 Å². The van der Waals surface area contributed by atoms with E-state index in [4.69, 9.17) is 0 Å². The lowest BCUT2D eigenvalue weighted by molar-refractivity contribution is 1.21. The van der Waals surface area contributed by atoms with Crippen molar-refractivity contribution in [3.63, 3.8) is 0 Å². The number of hydrogen-bond acceptors (Lipinski definition) is 4. The Morgan fingerprint density at radius 3 is 2.65 bits per heavy atom. The van der Waals surface area contributed by atoms with Gasteiger partial charge in [-0.1, -0.05) is 28.1 Å². The molecular weight excluding hydrogens is 298 g/mol. The molecule has 2 rings (SSSR count). The molecule has 2 aromatic rings. The number of aryl methyl sites for hydroxylation is 1. The highest BCUT2D eigenvalue weighted by Crippen LogP contribution is 2.15. The maximum Gasteiger partial charge on any atom is 0.203 e. The first-order valence-corrected chi connectivity index (χ1v) is 6.81. The molecule has 5 heteroatoms. The summed E-state index contributed by atoms with van der Waals surface area (Å²) in [5.41, 5.74) is 6.00. The van der Waals surface area contributed by atoms with Crippen molar-refractivity contribution in [2.24, 2.45) is 5.10 Å². The van der Waals surface area contributed by atoms with Crippen molar-refractivity contribution in [3.8, 4) is 0 Å². The first-order valence-electron chi connectivity index (χ1n) is 5.13. The van der Waals surface area contributed by atoms with Crippen LogP contribution in [0.3, 0.4) is 0 Å². The van der Waals surface area contributed by atoms with E-state index in [0.717, 1.165) is 26.6 Å². The third-order valence-corrected chi connectivity index (χ3v) is 3.59. The van der Waals surface area contributed by atoms with E-state index < -0.39 is 0 Å². The van der Waals surface area contributed by atoms with Gasteiger partial charge in [-0.25, -0.2) is 4.98 Å². The average molecular weight is 310 g/mol. The number of nitrogens with one attached hydrogen (secondary N) is 1. The van der Waals surface area contributed by atoms with Crippen molar-refractivity contribution in [2.75, 3.05) is 5.43 Å². The third-order valence-electron chi connectivity index (χ3n) is 2.20. The molecule has 1 heterocycles. The summed E-state index contributed by atoms with van der Waals surface area (Å²) >= 11 is 4.96. The fourth-order valence-electron chi connectivity index (χ4n) is 1.29. The van der Waals surface area contributed by atoms with Crippen LogP contribution in [0.4, 0.5) is 5.13 Å². The molecule has 17 heavy (non-hydrogen) atoms. The van der Waals surface area contributed by atoms with Crippen LogP contribution >= 0.6 is 27.3 Å². The molecule has 0 spiro atoms. The fourth-order valence-corrected chi connectivity index (χ4v) is 2.19. The number of hydrogen-bond donors (Lipinski definition) is 1. The topological polar surface area (TPSA) is 37.3 Å². The molecule has 0 aliphatic rings. The molecule has 0 aliphatic carbocycles. The number of rotatable bonds is 3. The van der Waals surface area contributed by atoms with Crippen LogP contribution in [0.15, 0.2) is 39.2 Å². The van der Waals surface area contributed by atoms with Gasteiger partial charge < -0.3 is 0 Å². The Morgan fingerprint density at radius 2 is 2.06 bits per heavy atom. The third kappa shape index (κ3) is 3.38. The van der Waals surface area contributed by atoms with Gasteiger partial charge in [0, 0.05) is 9.85 Å². The number of thiazole rings is 1. The van der Waals surface area contributed by atoms with Crippen molar-refractivity contribution in [1.82, 2.24) is 4.98 Å². The number of halogens is 1. The lowest BCUT2D eigenvalue weighted by atomic mass is 10.1. The highest BCUT2D eigenvalue weighted by atomic mass is 79.9. The largest absolute Gasteiger partial charge is 0.252 e. The maximum absolute atomic E-state index is 4.31. The monoisotopic (exact) mass is 309 g/mol. The van der Waals surface area contributed by atoms with E-state index in [0.29, 0.717) is 0 Å². The minimum absolute atomic E-state index is 0.818. The van der Waals surface area contributed by atoms with Gasteiger partial charge in [0.15, 0.2) is 0 Å². The summed E-state index contributed by atoms with van der Waals surface area (Å²) in [6.45, 7) is 3.93. The minimum atomic E-state index is 0.818. The minimum Gasteiger partial charge on any atom is -0.252 e. The Bertz CT molecular complexity index is 531. The van der Waals surface area contributed by atoms with E-state index in [1.807, 2.05) is 43.5 Å². The molecule has 0 saturated heterocycles. The Balaban J connectivity index is 2.09. The van der Waals surface area contributed by atoms with Gasteiger partial charge in [-0.15, -0.1) is 11.3 Å². The normalized spacial score (nSPS) is 11.6. The van der Waals surface area contributed by atoms with Gasteiger partial charge in [0.1, 0.15) is 0 Å². The molecule has 0 atom stereocenters. The molecule has 3 nitrogen and oxygen atoms in total. The van der Waals surface area contributed by atoms with E-state index >= 15 is 0 Å².